The van der Waals surface area contributed by atoms with E-state index in [-0.39, 0.29) is 18.4 Å². The Hall–Kier alpha value is -1.63. The van der Waals surface area contributed by atoms with Crippen molar-refractivity contribution >= 4 is 17.8 Å². The lowest BCUT2D eigenvalue weighted by atomic mass is 9.99. The summed E-state index contributed by atoms with van der Waals surface area (Å²) in [5, 5.41) is 13.8. The number of aliphatic carboxylic acids is 1. The van der Waals surface area contributed by atoms with Gasteiger partial charge in [-0.3, -0.25) is 9.59 Å². The fourth-order valence-corrected chi connectivity index (χ4v) is 1.74. The van der Waals surface area contributed by atoms with Crippen molar-refractivity contribution in [2.24, 2.45) is 17.6 Å². The van der Waals surface area contributed by atoms with Crippen LogP contribution in [0.15, 0.2) is 0 Å². The number of carboxylic acid groups (broad SMARTS) is 1. The third kappa shape index (κ3) is 7.65. The van der Waals surface area contributed by atoms with Crippen LogP contribution in [0.5, 0.6) is 0 Å². The SMILES string of the molecule is CC[C@H](C)[C@H](N)C(=O)NCC(=O)N[C@@H](CC(C)C)C(=O)O. The molecule has 0 aromatic heterocycles. The van der Waals surface area contributed by atoms with Gasteiger partial charge in [0.05, 0.1) is 12.6 Å². The number of carbonyl (C=O) groups is 3. The molecule has 7 nitrogen and oxygen atoms in total. The second-order valence-electron chi connectivity index (χ2n) is 5.72. The summed E-state index contributed by atoms with van der Waals surface area (Å²) in [5.74, 6) is -1.87. The molecule has 0 rings (SSSR count). The van der Waals surface area contributed by atoms with Gasteiger partial charge in [-0.25, -0.2) is 4.79 Å². The van der Waals surface area contributed by atoms with Crippen molar-refractivity contribution in [1.82, 2.24) is 10.6 Å². The number of nitrogens with one attached hydrogen (secondary N) is 2. The number of hydrogen-bond donors (Lipinski definition) is 4. The molecule has 0 aliphatic heterocycles. The Kier molecular flexibility index (Phi) is 8.61. The Bertz CT molecular complexity index is 371. The fraction of sp³-hybridized carbons (Fsp3) is 0.786. The standard InChI is InChI=1S/C14H27N3O4/c1-5-9(4)12(15)13(19)16-7-11(18)17-10(14(20)21)6-8(2)3/h8-10,12H,5-7,15H2,1-4H3,(H,16,19)(H,17,18)(H,20,21)/t9-,10-,12-/m0/s1. The summed E-state index contributed by atoms with van der Waals surface area (Å²) in [6.45, 7) is 7.25. The first kappa shape index (κ1) is 19.4. The van der Waals surface area contributed by atoms with Gasteiger partial charge in [0.2, 0.25) is 11.8 Å². The molecule has 0 unspecified atom stereocenters. The predicted molar refractivity (Wildman–Crippen MR) is 79.5 cm³/mol. The van der Waals surface area contributed by atoms with E-state index >= 15 is 0 Å². The van der Waals surface area contributed by atoms with Crippen LogP contribution in [-0.4, -0.2) is 41.5 Å². The summed E-state index contributed by atoms with van der Waals surface area (Å²) < 4.78 is 0. The highest BCUT2D eigenvalue weighted by atomic mass is 16.4. The lowest BCUT2D eigenvalue weighted by Gasteiger charge is -2.19. The molecule has 5 N–H and O–H groups in total. The molecular weight excluding hydrogens is 274 g/mol. The van der Waals surface area contributed by atoms with Crippen molar-refractivity contribution in [3.63, 3.8) is 0 Å². The van der Waals surface area contributed by atoms with Gasteiger partial charge in [0, 0.05) is 0 Å². The first-order valence-corrected chi connectivity index (χ1v) is 7.24. The second kappa shape index (κ2) is 9.33. The molecule has 122 valence electrons. The van der Waals surface area contributed by atoms with Gasteiger partial charge >= 0.3 is 5.97 Å². The van der Waals surface area contributed by atoms with Crippen LogP contribution in [0, 0.1) is 11.8 Å². The van der Waals surface area contributed by atoms with Crippen LogP contribution in [0.1, 0.15) is 40.5 Å². The maximum atomic E-state index is 11.7. The number of nitrogens with two attached hydrogens (primary N) is 1. The summed E-state index contributed by atoms with van der Waals surface area (Å²) in [5.41, 5.74) is 5.73. The average Bonchev–Trinajstić information content (AvgIpc) is 2.41. The minimum atomic E-state index is -1.08. The van der Waals surface area contributed by atoms with Gasteiger partial charge in [0.15, 0.2) is 0 Å². The van der Waals surface area contributed by atoms with Gasteiger partial charge in [-0.05, 0) is 18.3 Å². The van der Waals surface area contributed by atoms with Crippen LogP contribution in [-0.2, 0) is 14.4 Å². The largest absolute Gasteiger partial charge is 0.480 e. The molecule has 21 heavy (non-hydrogen) atoms. The van der Waals surface area contributed by atoms with Crippen molar-refractivity contribution in [3.05, 3.63) is 0 Å². The molecule has 7 heteroatoms. The van der Waals surface area contributed by atoms with E-state index in [0.717, 1.165) is 6.42 Å². The van der Waals surface area contributed by atoms with Gasteiger partial charge in [0.25, 0.3) is 0 Å². The molecule has 0 heterocycles. The Labute approximate surface area is 125 Å². The van der Waals surface area contributed by atoms with Crippen molar-refractivity contribution in [2.45, 2.75) is 52.6 Å². The fourth-order valence-electron chi connectivity index (χ4n) is 1.74. The summed E-state index contributed by atoms with van der Waals surface area (Å²) in [7, 11) is 0. The summed E-state index contributed by atoms with van der Waals surface area (Å²) in [6, 6.07) is -1.62. The Balaban J connectivity index is 4.30. The molecule has 0 spiro atoms. The first-order valence-electron chi connectivity index (χ1n) is 7.24. The van der Waals surface area contributed by atoms with Crippen LogP contribution in [0.4, 0.5) is 0 Å². The smallest absolute Gasteiger partial charge is 0.326 e. The Morgan fingerprint density at radius 2 is 1.76 bits per heavy atom. The zero-order valence-corrected chi connectivity index (χ0v) is 13.2. The summed E-state index contributed by atoms with van der Waals surface area (Å²) >= 11 is 0. The molecule has 0 bridgehead atoms. The molecule has 0 aliphatic carbocycles. The van der Waals surface area contributed by atoms with E-state index in [0.29, 0.717) is 6.42 Å². The molecule has 3 atom stereocenters. The minimum absolute atomic E-state index is 0.0146. The van der Waals surface area contributed by atoms with Crippen molar-refractivity contribution in [3.8, 4) is 0 Å². The van der Waals surface area contributed by atoms with Crippen molar-refractivity contribution < 1.29 is 19.5 Å². The zero-order chi connectivity index (χ0) is 16.6. The van der Waals surface area contributed by atoms with Gasteiger partial charge < -0.3 is 21.5 Å². The Morgan fingerprint density at radius 3 is 2.19 bits per heavy atom. The molecule has 0 aromatic rings. The van der Waals surface area contributed by atoms with Crippen LogP contribution in [0.25, 0.3) is 0 Å². The number of carboxylic acids is 1. The summed E-state index contributed by atoms with van der Waals surface area (Å²) in [4.78, 5) is 34.4. The maximum Gasteiger partial charge on any atom is 0.326 e. The van der Waals surface area contributed by atoms with E-state index in [4.69, 9.17) is 10.8 Å². The van der Waals surface area contributed by atoms with Crippen LogP contribution >= 0.6 is 0 Å². The molecular formula is C14H27N3O4. The number of amides is 2. The van der Waals surface area contributed by atoms with E-state index in [1.54, 1.807) is 0 Å². The van der Waals surface area contributed by atoms with E-state index in [2.05, 4.69) is 10.6 Å². The molecule has 0 saturated carbocycles. The highest BCUT2D eigenvalue weighted by molar-refractivity contribution is 5.89. The molecule has 0 radical (unpaired) electrons. The third-order valence-corrected chi connectivity index (χ3v) is 3.32. The lowest BCUT2D eigenvalue weighted by molar-refractivity contribution is -0.142. The predicted octanol–water partition coefficient (Wildman–Crippen LogP) is 0.0915. The van der Waals surface area contributed by atoms with Crippen LogP contribution in [0.3, 0.4) is 0 Å². The van der Waals surface area contributed by atoms with Gasteiger partial charge in [0.1, 0.15) is 6.04 Å². The molecule has 0 aliphatic rings. The molecule has 2 amide bonds. The average molecular weight is 301 g/mol. The van der Waals surface area contributed by atoms with Gasteiger partial charge in [-0.15, -0.1) is 0 Å². The van der Waals surface area contributed by atoms with Gasteiger partial charge in [-0.1, -0.05) is 34.1 Å². The van der Waals surface area contributed by atoms with Crippen LogP contribution in [0.2, 0.25) is 0 Å². The van der Waals surface area contributed by atoms with E-state index in [1.807, 2.05) is 27.7 Å². The van der Waals surface area contributed by atoms with Crippen molar-refractivity contribution in [1.29, 1.82) is 0 Å². The van der Waals surface area contributed by atoms with E-state index < -0.39 is 29.9 Å². The maximum absolute atomic E-state index is 11.7. The minimum Gasteiger partial charge on any atom is -0.480 e. The normalized spacial score (nSPS) is 15.1. The molecule has 0 aromatic carbocycles. The molecule has 0 fully saturated rings. The van der Waals surface area contributed by atoms with E-state index in [9.17, 15) is 14.4 Å². The monoisotopic (exact) mass is 301 g/mol. The highest BCUT2D eigenvalue weighted by Gasteiger charge is 2.23. The van der Waals surface area contributed by atoms with Gasteiger partial charge in [-0.2, -0.15) is 0 Å². The quantitative estimate of drug-likeness (QED) is 0.481. The third-order valence-electron chi connectivity index (χ3n) is 3.32. The van der Waals surface area contributed by atoms with Crippen LogP contribution < -0.4 is 16.4 Å². The summed E-state index contributed by atoms with van der Waals surface area (Å²) in [6.07, 6.45) is 1.09. The zero-order valence-electron chi connectivity index (χ0n) is 13.2. The molecule has 0 saturated heterocycles. The van der Waals surface area contributed by atoms with E-state index in [1.165, 1.54) is 0 Å². The lowest BCUT2D eigenvalue weighted by Crippen LogP contribution is -2.50. The Morgan fingerprint density at radius 1 is 1.19 bits per heavy atom. The highest BCUT2D eigenvalue weighted by Crippen LogP contribution is 2.05. The first-order chi connectivity index (χ1) is 9.68. The van der Waals surface area contributed by atoms with Crippen molar-refractivity contribution in [2.75, 3.05) is 6.54 Å². The number of hydrogen-bond acceptors (Lipinski definition) is 4. The number of carbonyl (C=O) groups excluding carboxylic acids is 2. The second-order valence-corrected chi connectivity index (χ2v) is 5.72. The number of rotatable bonds is 9. The topological polar surface area (TPSA) is 122 Å².